The maximum absolute atomic E-state index is 13.7. The van der Waals surface area contributed by atoms with E-state index in [0.717, 1.165) is 24.8 Å². The van der Waals surface area contributed by atoms with Crippen LogP contribution in [0.25, 0.3) is 0 Å². The lowest BCUT2D eigenvalue weighted by molar-refractivity contribution is -0.145. The molecule has 1 aliphatic carbocycles. The number of rotatable bonds is 6. The molecule has 8 nitrogen and oxygen atoms in total. The molecule has 1 aliphatic rings. The largest absolute Gasteiger partial charge is 0.469 e. The summed E-state index contributed by atoms with van der Waals surface area (Å²) in [5.74, 6) is -1.23. The van der Waals surface area contributed by atoms with Crippen LogP contribution in [0.2, 0.25) is 0 Å². The molecule has 2 unspecified atom stereocenters. The standard InChI is InChI=1S/C22H21FN4O4/c1-30-21(29)15-7-6-14(12-15)13-8-10-16(11-9-13)24-19(28)20-26-27-22(31-20)25-18-5-3-2-4-17(18)23/h2-5,8-11,14-15H,6-7,12H2,1H3,(H,24,28)(H,25,27). The predicted octanol–water partition coefficient (Wildman–Crippen LogP) is 4.26. The van der Waals surface area contributed by atoms with E-state index < -0.39 is 11.7 Å². The molecule has 0 bridgehead atoms. The van der Waals surface area contributed by atoms with Gasteiger partial charge in [-0.05, 0) is 55.0 Å². The maximum atomic E-state index is 13.7. The van der Waals surface area contributed by atoms with Crippen LogP contribution in [0.3, 0.4) is 0 Å². The fourth-order valence-electron chi connectivity index (χ4n) is 3.73. The van der Waals surface area contributed by atoms with E-state index >= 15 is 0 Å². The van der Waals surface area contributed by atoms with E-state index in [0.29, 0.717) is 5.69 Å². The van der Waals surface area contributed by atoms with Crippen molar-refractivity contribution in [2.75, 3.05) is 17.7 Å². The van der Waals surface area contributed by atoms with Crippen LogP contribution >= 0.6 is 0 Å². The minimum absolute atomic E-state index is 0.0564. The number of hydrogen-bond acceptors (Lipinski definition) is 7. The smallest absolute Gasteiger partial charge is 0.320 e. The van der Waals surface area contributed by atoms with Gasteiger partial charge in [-0.25, -0.2) is 4.39 Å². The number of ether oxygens (including phenoxy) is 1. The number of nitrogens with zero attached hydrogens (tertiary/aromatic N) is 2. The number of hydrogen-bond donors (Lipinski definition) is 2. The minimum Gasteiger partial charge on any atom is -0.469 e. The summed E-state index contributed by atoms with van der Waals surface area (Å²) in [6.45, 7) is 0. The zero-order valence-electron chi connectivity index (χ0n) is 16.8. The second kappa shape index (κ2) is 8.95. The number of aromatic nitrogens is 2. The van der Waals surface area contributed by atoms with Gasteiger partial charge in [0.1, 0.15) is 5.82 Å². The van der Waals surface area contributed by atoms with Crippen molar-refractivity contribution in [3.8, 4) is 0 Å². The van der Waals surface area contributed by atoms with Crippen molar-refractivity contribution in [1.82, 2.24) is 10.2 Å². The van der Waals surface area contributed by atoms with Crippen LogP contribution in [0.15, 0.2) is 52.9 Å². The van der Waals surface area contributed by atoms with Gasteiger partial charge >= 0.3 is 23.8 Å². The summed E-state index contributed by atoms with van der Waals surface area (Å²) in [4.78, 5) is 24.1. The molecule has 31 heavy (non-hydrogen) atoms. The summed E-state index contributed by atoms with van der Waals surface area (Å²) in [5, 5.41) is 12.7. The number of esters is 1. The van der Waals surface area contributed by atoms with Gasteiger partial charge in [0.15, 0.2) is 0 Å². The molecule has 0 radical (unpaired) electrons. The summed E-state index contributed by atoms with van der Waals surface area (Å²) in [7, 11) is 1.41. The Morgan fingerprint density at radius 3 is 2.61 bits per heavy atom. The van der Waals surface area contributed by atoms with Crippen LogP contribution in [-0.2, 0) is 9.53 Å². The fraction of sp³-hybridized carbons (Fsp3) is 0.273. The van der Waals surface area contributed by atoms with E-state index in [9.17, 15) is 14.0 Å². The lowest BCUT2D eigenvalue weighted by atomic mass is 9.96. The van der Waals surface area contributed by atoms with Gasteiger partial charge in [0, 0.05) is 5.69 Å². The SMILES string of the molecule is COC(=O)C1CCC(c2ccc(NC(=O)c3nnc(Nc4ccccc4F)o3)cc2)C1. The fourth-order valence-corrected chi connectivity index (χ4v) is 3.73. The third-order valence-electron chi connectivity index (χ3n) is 5.34. The highest BCUT2D eigenvalue weighted by Crippen LogP contribution is 2.39. The van der Waals surface area contributed by atoms with Crippen molar-refractivity contribution in [1.29, 1.82) is 0 Å². The topological polar surface area (TPSA) is 106 Å². The number of carbonyl (C=O) groups is 2. The Balaban J connectivity index is 1.36. The second-order valence-corrected chi connectivity index (χ2v) is 7.32. The second-order valence-electron chi connectivity index (χ2n) is 7.32. The number of halogens is 1. The van der Waals surface area contributed by atoms with E-state index in [2.05, 4.69) is 20.8 Å². The molecule has 3 aromatic rings. The van der Waals surface area contributed by atoms with Crippen molar-refractivity contribution in [3.05, 3.63) is 65.8 Å². The Hall–Kier alpha value is -3.75. The molecule has 1 amide bonds. The Labute approximate surface area is 177 Å². The third kappa shape index (κ3) is 4.71. The van der Waals surface area contributed by atoms with Crippen molar-refractivity contribution in [2.45, 2.75) is 25.2 Å². The number of nitrogens with one attached hydrogen (secondary N) is 2. The van der Waals surface area contributed by atoms with Gasteiger partial charge in [0.2, 0.25) is 0 Å². The molecular formula is C22H21FN4O4. The number of benzene rings is 2. The molecule has 1 heterocycles. The van der Waals surface area contributed by atoms with E-state index in [4.69, 9.17) is 9.15 Å². The van der Waals surface area contributed by atoms with Gasteiger partial charge in [0.25, 0.3) is 0 Å². The summed E-state index contributed by atoms with van der Waals surface area (Å²) >= 11 is 0. The monoisotopic (exact) mass is 424 g/mol. The zero-order valence-corrected chi connectivity index (χ0v) is 16.8. The van der Waals surface area contributed by atoms with Crippen molar-refractivity contribution in [3.63, 3.8) is 0 Å². The number of amides is 1. The van der Waals surface area contributed by atoms with Gasteiger partial charge in [-0.1, -0.05) is 29.4 Å². The van der Waals surface area contributed by atoms with E-state index in [1.807, 2.05) is 12.1 Å². The van der Waals surface area contributed by atoms with E-state index in [-0.39, 0.29) is 35.4 Å². The van der Waals surface area contributed by atoms with Gasteiger partial charge in [-0.15, -0.1) is 5.10 Å². The number of para-hydroxylation sites is 1. The third-order valence-corrected chi connectivity index (χ3v) is 5.34. The Kier molecular flexibility index (Phi) is 5.92. The van der Waals surface area contributed by atoms with Gasteiger partial charge in [-0.2, -0.15) is 0 Å². The molecule has 0 saturated heterocycles. The predicted molar refractivity (Wildman–Crippen MR) is 110 cm³/mol. The summed E-state index contributed by atoms with van der Waals surface area (Å²) < 4.78 is 23.8. The number of methoxy groups -OCH3 is 1. The Morgan fingerprint density at radius 1 is 1.10 bits per heavy atom. The van der Waals surface area contributed by atoms with Crippen LogP contribution < -0.4 is 10.6 Å². The maximum Gasteiger partial charge on any atom is 0.320 e. The molecule has 1 fully saturated rings. The first kappa shape index (κ1) is 20.5. The van der Waals surface area contributed by atoms with Crippen LogP contribution in [0.5, 0.6) is 0 Å². The molecule has 2 aromatic carbocycles. The molecule has 0 aliphatic heterocycles. The summed E-state index contributed by atoms with van der Waals surface area (Å²) in [6, 6.07) is 13.4. The number of carbonyl (C=O) groups excluding carboxylic acids is 2. The highest BCUT2D eigenvalue weighted by Gasteiger charge is 2.31. The van der Waals surface area contributed by atoms with E-state index in [1.165, 1.54) is 19.2 Å². The van der Waals surface area contributed by atoms with Gasteiger partial charge in [-0.3, -0.25) is 9.59 Å². The van der Waals surface area contributed by atoms with Gasteiger partial charge in [0.05, 0.1) is 18.7 Å². The highest BCUT2D eigenvalue weighted by atomic mass is 19.1. The first-order chi connectivity index (χ1) is 15.0. The molecule has 1 saturated carbocycles. The van der Waals surface area contributed by atoms with Crippen LogP contribution in [0.4, 0.5) is 21.8 Å². The molecular weight excluding hydrogens is 403 g/mol. The quantitative estimate of drug-likeness (QED) is 0.570. The number of anilines is 3. The Morgan fingerprint density at radius 2 is 1.87 bits per heavy atom. The molecule has 2 atom stereocenters. The van der Waals surface area contributed by atoms with Crippen LogP contribution in [-0.4, -0.2) is 29.2 Å². The first-order valence-corrected chi connectivity index (χ1v) is 9.87. The molecule has 9 heteroatoms. The van der Waals surface area contributed by atoms with Crippen LogP contribution in [0, 0.1) is 11.7 Å². The normalized spacial score (nSPS) is 17.9. The highest BCUT2D eigenvalue weighted by molar-refractivity contribution is 6.00. The summed E-state index contributed by atoms with van der Waals surface area (Å²) in [5.41, 5.74) is 1.84. The van der Waals surface area contributed by atoms with Crippen molar-refractivity contribution in [2.24, 2.45) is 5.92 Å². The Bertz CT molecular complexity index is 1080. The van der Waals surface area contributed by atoms with Gasteiger partial charge < -0.3 is 19.8 Å². The van der Waals surface area contributed by atoms with E-state index in [1.54, 1.807) is 24.3 Å². The van der Waals surface area contributed by atoms with Crippen LogP contribution in [0.1, 0.15) is 41.4 Å². The van der Waals surface area contributed by atoms with Crippen molar-refractivity contribution < 1.29 is 23.1 Å². The molecule has 1 aromatic heterocycles. The molecule has 160 valence electrons. The lowest BCUT2D eigenvalue weighted by Gasteiger charge is -2.11. The van der Waals surface area contributed by atoms with Crippen molar-refractivity contribution >= 4 is 29.3 Å². The summed E-state index contributed by atoms with van der Waals surface area (Å²) in [6.07, 6.45) is 2.50. The first-order valence-electron chi connectivity index (χ1n) is 9.87. The molecule has 0 spiro atoms. The zero-order chi connectivity index (χ0) is 21.8. The average molecular weight is 424 g/mol. The molecule has 2 N–H and O–H groups in total. The lowest BCUT2D eigenvalue weighted by Crippen LogP contribution is -2.13. The average Bonchev–Trinajstić information content (AvgIpc) is 3.45. The molecule has 4 rings (SSSR count). The minimum atomic E-state index is -0.576.